The standard InChI is InChI=1S/C23H20ClF5O2/c1-21(2)17(12-18(24)22(25,26)23(27,28)29)19(21)20(30)31-13-14-7-6-10-16(11-14)15-8-4-3-5-9-15/h3-12,17,19H,13H2,1-2H3/t17-,19+/m1/s1. The highest BCUT2D eigenvalue weighted by Gasteiger charge is 2.64. The highest BCUT2D eigenvalue weighted by Crippen LogP contribution is 2.61. The summed E-state index contributed by atoms with van der Waals surface area (Å²) in [6.07, 6.45) is -5.18. The van der Waals surface area contributed by atoms with E-state index < -0.39 is 40.4 Å². The van der Waals surface area contributed by atoms with Gasteiger partial charge in [-0.3, -0.25) is 4.79 Å². The maximum atomic E-state index is 13.4. The minimum atomic E-state index is -5.81. The van der Waals surface area contributed by atoms with Gasteiger partial charge in [0.15, 0.2) is 0 Å². The lowest BCUT2D eigenvalue weighted by Crippen LogP contribution is -2.36. The summed E-state index contributed by atoms with van der Waals surface area (Å²) in [5.41, 5.74) is 1.80. The molecule has 1 fully saturated rings. The Bertz CT molecular complexity index is 983. The zero-order valence-electron chi connectivity index (χ0n) is 16.7. The van der Waals surface area contributed by atoms with Gasteiger partial charge in [0.25, 0.3) is 0 Å². The maximum Gasteiger partial charge on any atom is 0.459 e. The van der Waals surface area contributed by atoms with Crippen LogP contribution in [0.1, 0.15) is 19.4 Å². The zero-order valence-corrected chi connectivity index (χ0v) is 17.5. The van der Waals surface area contributed by atoms with E-state index in [2.05, 4.69) is 0 Å². The van der Waals surface area contributed by atoms with Crippen LogP contribution >= 0.6 is 11.6 Å². The molecule has 0 aromatic heterocycles. The van der Waals surface area contributed by atoms with Crippen LogP contribution in [-0.2, 0) is 16.1 Å². The van der Waals surface area contributed by atoms with E-state index in [4.69, 9.17) is 16.3 Å². The number of ether oxygens (including phenoxy) is 1. The number of hydrogen-bond acceptors (Lipinski definition) is 2. The third-order valence-corrected chi connectivity index (χ3v) is 5.93. The number of rotatable bonds is 6. The number of alkyl halides is 5. The Hall–Kier alpha value is -2.41. The third kappa shape index (κ3) is 4.76. The summed E-state index contributed by atoms with van der Waals surface area (Å²) >= 11 is 5.28. The minimum Gasteiger partial charge on any atom is -0.461 e. The van der Waals surface area contributed by atoms with Crippen molar-refractivity contribution in [2.75, 3.05) is 0 Å². The summed E-state index contributed by atoms with van der Waals surface area (Å²) in [7, 11) is 0. The molecule has 0 unspecified atom stereocenters. The fourth-order valence-electron chi connectivity index (χ4n) is 3.55. The molecule has 0 spiro atoms. The van der Waals surface area contributed by atoms with Crippen molar-refractivity contribution in [1.82, 2.24) is 0 Å². The van der Waals surface area contributed by atoms with E-state index in [-0.39, 0.29) is 6.61 Å². The van der Waals surface area contributed by atoms with Crippen LogP contribution in [0.25, 0.3) is 11.1 Å². The van der Waals surface area contributed by atoms with Crippen molar-refractivity contribution in [3.8, 4) is 11.1 Å². The number of halogens is 6. The predicted molar refractivity (Wildman–Crippen MR) is 107 cm³/mol. The van der Waals surface area contributed by atoms with Gasteiger partial charge in [0.2, 0.25) is 0 Å². The van der Waals surface area contributed by atoms with E-state index in [9.17, 15) is 26.7 Å². The molecule has 31 heavy (non-hydrogen) atoms. The Morgan fingerprint density at radius 3 is 2.26 bits per heavy atom. The number of carbonyl (C=O) groups excluding carboxylic acids is 1. The Morgan fingerprint density at radius 2 is 1.65 bits per heavy atom. The second-order valence-electron chi connectivity index (χ2n) is 8.09. The third-order valence-electron chi connectivity index (χ3n) is 5.56. The van der Waals surface area contributed by atoms with Crippen LogP contribution in [0.2, 0.25) is 0 Å². The van der Waals surface area contributed by atoms with Crippen LogP contribution in [0.4, 0.5) is 22.0 Å². The van der Waals surface area contributed by atoms with Crippen LogP contribution in [-0.4, -0.2) is 18.1 Å². The van der Waals surface area contributed by atoms with Crippen LogP contribution < -0.4 is 0 Å². The van der Waals surface area contributed by atoms with E-state index in [1.807, 2.05) is 48.5 Å². The maximum absolute atomic E-state index is 13.4. The molecule has 8 heteroatoms. The van der Waals surface area contributed by atoms with Gasteiger partial charge < -0.3 is 4.74 Å². The Labute approximate surface area is 181 Å². The molecule has 0 radical (unpaired) electrons. The molecule has 0 bridgehead atoms. The van der Waals surface area contributed by atoms with Crippen LogP contribution in [0.5, 0.6) is 0 Å². The summed E-state index contributed by atoms with van der Waals surface area (Å²) in [6, 6.07) is 16.9. The fourth-order valence-corrected chi connectivity index (χ4v) is 3.80. The molecule has 2 nitrogen and oxygen atoms in total. The van der Waals surface area contributed by atoms with E-state index in [1.165, 1.54) is 0 Å². The van der Waals surface area contributed by atoms with Crippen LogP contribution in [0.3, 0.4) is 0 Å². The molecule has 1 aliphatic carbocycles. The first-order chi connectivity index (χ1) is 14.4. The number of benzene rings is 2. The van der Waals surface area contributed by atoms with Gasteiger partial charge in [-0.25, -0.2) is 0 Å². The van der Waals surface area contributed by atoms with Gasteiger partial charge in [-0.05, 0) is 34.1 Å². The van der Waals surface area contributed by atoms with E-state index >= 15 is 0 Å². The van der Waals surface area contributed by atoms with Gasteiger partial charge in [-0.1, -0.05) is 80.1 Å². The monoisotopic (exact) mass is 458 g/mol. The summed E-state index contributed by atoms with van der Waals surface area (Å²) in [5.74, 6) is -7.57. The molecule has 3 rings (SSSR count). The highest BCUT2D eigenvalue weighted by atomic mass is 35.5. The molecular weight excluding hydrogens is 439 g/mol. The Morgan fingerprint density at radius 1 is 1.03 bits per heavy atom. The molecule has 1 saturated carbocycles. The van der Waals surface area contributed by atoms with Crippen LogP contribution in [0, 0.1) is 17.3 Å². The van der Waals surface area contributed by atoms with Crippen molar-refractivity contribution < 1.29 is 31.5 Å². The van der Waals surface area contributed by atoms with Crippen molar-refractivity contribution in [1.29, 1.82) is 0 Å². The summed E-state index contributed by atoms with van der Waals surface area (Å²) in [4.78, 5) is 12.5. The SMILES string of the molecule is CC1(C)[C@H](C=C(Cl)C(F)(F)C(F)(F)F)[C@H]1C(=O)OCc1cccc(-c2ccccc2)c1. The van der Waals surface area contributed by atoms with Gasteiger partial charge in [-0.2, -0.15) is 22.0 Å². The molecule has 0 heterocycles. The highest BCUT2D eigenvalue weighted by molar-refractivity contribution is 6.30. The summed E-state index contributed by atoms with van der Waals surface area (Å²) in [6.45, 7) is 3.13. The average molecular weight is 459 g/mol. The fraction of sp³-hybridized carbons (Fsp3) is 0.348. The second-order valence-corrected chi connectivity index (χ2v) is 8.49. The van der Waals surface area contributed by atoms with Gasteiger partial charge in [0.05, 0.1) is 11.0 Å². The van der Waals surface area contributed by atoms with Crippen molar-refractivity contribution in [3.63, 3.8) is 0 Å². The molecule has 0 saturated heterocycles. The van der Waals surface area contributed by atoms with E-state index in [1.54, 1.807) is 19.9 Å². The number of allylic oxidation sites excluding steroid dienone is 2. The molecule has 0 amide bonds. The van der Waals surface area contributed by atoms with Crippen molar-refractivity contribution in [2.45, 2.75) is 32.6 Å². The second kappa shape index (κ2) is 8.26. The lowest BCUT2D eigenvalue weighted by molar-refractivity contribution is -0.261. The minimum absolute atomic E-state index is 0.0467. The first kappa shape index (κ1) is 23.3. The van der Waals surface area contributed by atoms with Gasteiger partial charge in [0, 0.05) is 0 Å². The first-order valence-corrected chi connectivity index (χ1v) is 9.87. The van der Waals surface area contributed by atoms with Crippen molar-refractivity contribution in [2.24, 2.45) is 17.3 Å². The zero-order chi connectivity index (χ0) is 23.0. The lowest BCUT2D eigenvalue weighted by Gasteiger charge is -2.18. The molecule has 166 valence electrons. The van der Waals surface area contributed by atoms with E-state index in [0.29, 0.717) is 6.08 Å². The molecule has 2 atom stereocenters. The van der Waals surface area contributed by atoms with Gasteiger partial charge >= 0.3 is 18.1 Å². The molecule has 1 aliphatic rings. The molecule has 0 aliphatic heterocycles. The largest absolute Gasteiger partial charge is 0.461 e. The number of hydrogen-bond donors (Lipinski definition) is 0. The number of carbonyl (C=O) groups is 1. The summed E-state index contributed by atoms with van der Waals surface area (Å²) in [5, 5.41) is -1.64. The van der Waals surface area contributed by atoms with Gasteiger partial charge in [-0.15, -0.1) is 0 Å². The van der Waals surface area contributed by atoms with Crippen LogP contribution in [0.15, 0.2) is 65.7 Å². The lowest BCUT2D eigenvalue weighted by atomic mass is 10.0. The Kier molecular flexibility index (Phi) is 6.20. The number of esters is 1. The molecule has 2 aromatic rings. The first-order valence-electron chi connectivity index (χ1n) is 9.49. The Balaban J connectivity index is 1.67. The normalized spacial score (nSPS) is 21.0. The molecule has 0 N–H and O–H groups in total. The quantitative estimate of drug-likeness (QED) is 0.344. The summed E-state index contributed by atoms with van der Waals surface area (Å²) < 4.78 is 69.6. The smallest absolute Gasteiger partial charge is 0.459 e. The van der Waals surface area contributed by atoms with E-state index in [0.717, 1.165) is 16.7 Å². The molecule has 2 aromatic carbocycles. The topological polar surface area (TPSA) is 26.3 Å². The average Bonchev–Trinajstić information content (AvgIpc) is 3.26. The molecular formula is C23H20ClF5O2. The van der Waals surface area contributed by atoms with Crippen molar-refractivity contribution >= 4 is 17.6 Å². The predicted octanol–water partition coefficient (Wildman–Crippen LogP) is 6.99. The van der Waals surface area contributed by atoms with Gasteiger partial charge in [0.1, 0.15) is 6.61 Å². The van der Waals surface area contributed by atoms with Crippen molar-refractivity contribution in [3.05, 3.63) is 71.3 Å².